The molecular formula is C47H66N4O12. The SMILES string of the molecule is CO[C@H]1/C=C/O[C@@]2(C)Oc3c(C)c(O)c4c(O)c(c(/C=N/N5CCN(C6CCCC6)CC5)c(O)c4c3C2O)NC(=O)/C(C)=C\C=C\[C@H](C)[C@H](O)[C@@H](C)[C@@H](O)[C@@H](C)[C@H](OC(C)=O)[C@@H]1C. The molecule has 10 atom stereocenters. The van der Waals surface area contributed by atoms with Crippen LogP contribution >= 0.6 is 0 Å². The number of aromatic hydroxyl groups is 3. The first-order valence-corrected chi connectivity index (χ1v) is 22.0. The van der Waals surface area contributed by atoms with Gasteiger partial charge in [-0.2, -0.15) is 5.10 Å². The first-order valence-electron chi connectivity index (χ1n) is 22.0. The third-order valence-corrected chi connectivity index (χ3v) is 13.7. The van der Waals surface area contributed by atoms with Crippen molar-refractivity contribution < 1.29 is 59.2 Å². The van der Waals surface area contributed by atoms with E-state index in [4.69, 9.17) is 24.0 Å². The van der Waals surface area contributed by atoms with Crippen LogP contribution in [0.15, 0.2) is 41.2 Å². The van der Waals surface area contributed by atoms with E-state index in [9.17, 15) is 40.2 Å². The highest BCUT2D eigenvalue weighted by Gasteiger charge is 2.50. The number of methoxy groups -OCH3 is 1. The van der Waals surface area contributed by atoms with Gasteiger partial charge in [-0.05, 0) is 32.8 Å². The molecule has 16 heteroatoms. The van der Waals surface area contributed by atoms with Crippen molar-refractivity contribution in [3.05, 3.63) is 52.8 Å². The molecule has 16 nitrogen and oxygen atoms in total. The van der Waals surface area contributed by atoms with Crippen molar-refractivity contribution in [2.75, 3.05) is 38.6 Å². The van der Waals surface area contributed by atoms with Crippen LogP contribution < -0.4 is 10.1 Å². The van der Waals surface area contributed by atoms with Gasteiger partial charge in [0, 0.05) is 98.9 Å². The van der Waals surface area contributed by atoms with Crippen LogP contribution in [0, 0.1) is 30.6 Å². The van der Waals surface area contributed by atoms with Gasteiger partial charge in [-0.25, -0.2) is 0 Å². The number of carbonyl (C=O) groups excluding carboxylic acids is 2. The maximum Gasteiger partial charge on any atom is 0.302 e. The fourth-order valence-electron chi connectivity index (χ4n) is 9.62. The van der Waals surface area contributed by atoms with E-state index in [0.29, 0.717) is 19.1 Å². The van der Waals surface area contributed by atoms with E-state index in [0.717, 1.165) is 13.1 Å². The number of esters is 1. The van der Waals surface area contributed by atoms with Crippen LogP contribution in [-0.4, -0.2) is 128 Å². The number of nitrogens with zero attached hydrogens (tertiary/aromatic N) is 3. The van der Waals surface area contributed by atoms with E-state index < -0.39 is 89.1 Å². The summed E-state index contributed by atoms with van der Waals surface area (Å²) in [6, 6.07) is 0.562. The topological polar surface area (TPSA) is 223 Å². The summed E-state index contributed by atoms with van der Waals surface area (Å²) in [5.41, 5.74) is 0.0475. The van der Waals surface area contributed by atoms with Gasteiger partial charge in [-0.1, -0.05) is 58.8 Å². The highest BCUT2D eigenvalue weighted by molar-refractivity contribution is 6.16. The van der Waals surface area contributed by atoms with Gasteiger partial charge in [-0.15, -0.1) is 0 Å². The van der Waals surface area contributed by atoms with E-state index in [1.54, 1.807) is 52.8 Å². The summed E-state index contributed by atoms with van der Waals surface area (Å²) >= 11 is 0. The van der Waals surface area contributed by atoms with Gasteiger partial charge in [-0.3, -0.25) is 19.5 Å². The summed E-state index contributed by atoms with van der Waals surface area (Å²) in [5.74, 6) is -7.01. The number of ether oxygens (including phenoxy) is 4. The minimum absolute atomic E-state index is 0.0109. The van der Waals surface area contributed by atoms with Crippen molar-refractivity contribution in [2.24, 2.45) is 28.8 Å². The number of hydrazone groups is 1. The molecule has 0 spiro atoms. The maximum atomic E-state index is 13.9. The molecule has 2 aromatic carbocycles. The minimum atomic E-state index is -1.85. The number of phenolic OH excluding ortho intramolecular Hbond substituents is 3. The molecule has 1 aliphatic carbocycles. The molecule has 7 rings (SSSR count). The number of aliphatic hydroxyl groups excluding tert-OH is 3. The summed E-state index contributed by atoms with van der Waals surface area (Å²) in [7, 11) is 1.46. The Kier molecular flexibility index (Phi) is 14.7. The Morgan fingerprint density at radius 1 is 0.921 bits per heavy atom. The van der Waals surface area contributed by atoms with Gasteiger partial charge in [0.15, 0.2) is 11.9 Å². The van der Waals surface area contributed by atoms with E-state index >= 15 is 0 Å². The lowest BCUT2D eigenvalue weighted by molar-refractivity contribution is -0.181. The fraction of sp³-hybridized carbons (Fsp3) is 0.596. The zero-order chi connectivity index (χ0) is 46.1. The van der Waals surface area contributed by atoms with Gasteiger partial charge in [0.25, 0.3) is 11.7 Å². The number of hydrogen-bond donors (Lipinski definition) is 7. The summed E-state index contributed by atoms with van der Waals surface area (Å²) in [5, 5.41) is 80.0. The minimum Gasteiger partial charge on any atom is -0.507 e. The third kappa shape index (κ3) is 9.51. The predicted molar refractivity (Wildman–Crippen MR) is 237 cm³/mol. The van der Waals surface area contributed by atoms with Crippen LogP contribution in [0.2, 0.25) is 0 Å². The second-order valence-electron chi connectivity index (χ2n) is 18.0. The molecular weight excluding hydrogens is 813 g/mol. The maximum absolute atomic E-state index is 13.9. The average Bonchev–Trinajstić information content (AvgIpc) is 3.89. The van der Waals surface area contributed by atoms with Crippen molar-refractivity contribution >= 4 is 34.6 Å². The average molecular weight is 879 g/mol. The Morgan fingerprint density at radius 2 is 1.59 bits per heavy atom. The van der Waals surface area contributed by atoms with Crippen molar-refractivity contribution in [3.63, 3.8) is 0 Å². The molecule has 0 aromatic heterocycles. The standard InChI is InChI=1S/C47H66N4O12/c1-24-13-12-14-25(2)46(59)49-37-32(23-48-51-20-18-50(19-21-51)31-15-10-11-16-31)41(56)34-35(42(37)57)40(55)29(6)44-36(34)45(58)47(8,63-44)61-22-17-33(60-9)26(3)43(62-30(7)52)28(5)39(54)27(4)38(24)53/h12-14,17,22-24,26-28,31,33,38-39,43,45,53-58H,10-11,15-16,18-21H2,1-9H3,(H,49,59)/b13-12+,22-17+,25-14-,48-23+/t24-,26+,27+,28+,33-,38-,39+,43+,45?,47-/m0/s1. The van der Waals surface area contributed by atoms with Crippen LogP contribution in [0.5, 0.6) is 23.0 Å². The number of piperazine rings is 1. The van der Waals surface area contributed by atoms with Crippen LogP contribution in [0.1, 0.15) is 96.9 Å². The molecule has 0 radical (unpaired) electrons. The van der Waals surface area contributed by atoms with Gasteiger partial charge in [0.05, 0.1) is 47.4 Å². The van der Waals surface area contributed by atoms with Crippen LogP contribution in [-0.2, 0) is 23.8 Å². The monoisotopic (exact) mass is 878 g/mol. The molecule has 4 heterocycles. The number of nitrogens with one attached hydrogen (secondary N) is 1. The number of aliphatic hydroxyl groups is 3. The van der Waals surface area contributed by atoms with Gasteiger partial charge < -0.3 is 54.9 Å². The molecule has 2 fully saturated rings. The third-order valence-electron chi connectivity index (χ3n) is 13.7. The second kappa shape index (κ2) is 19.5. The lowest BCUT2D eigenvalue weighted by atomic mass is 9.78. The Hall–Kier alpha value is -4.87. The molecule has 5 aliphatic rings. The van der Waals surface area contributed by atoms with E-state index in [2.05, 4.69) is 10.2 Å². The quantitative estimate of drug-likeness (QED) is 0.0854. The zero-order valence-corrected chi connectivity index (χ0v) is 37.9. The number of fused-ring (bicyclic) bond motifs is 14. The number of allylic oxidation sites excluding steroid dienone is 2. The molecule has 1 saturated carbocycles. The van der Waals surface area contributed by atoms with Crippen LogP contribution in [0.4, 0.5) is 5.69 Å². The lowest BCUT2D eigenvalue weighted by Gasteiger charge is -2.38. The zero-order valence-electron chi connectivity index (χ0n) is 37.9. The second-order valence-corrected chi connectivity index (χ2v) is 18.0. The normalized spacial score (nSPS) is 33.5. The Morgan fingerprint density at radius 3 is 2.22 bits per heavy atom. The molecule has 5 bridgehead atoms. The Balaban J connectivity index is 1.47. The highest BCUT2D eigenvalue weighted by Crippen LogP contribution is 2.58. The first-order chi connectivity index (χ1) is 29.8. The smallest absolute Gasteiger partial charge is 0.302 e. The first kappa shape index (κ1) is 47.6. The number of amides is 1. The molecule has 1 amide bonds. The molecule has 346 valence electrons. The molecule has 4 aliphatic heterocycles. The number of anilines is 1. The van der Waals surface area contributed by atoms with Crippen molar-refractivity contribution in [1.82, 2.24) is 9.91 Å². The number of carbonyl (C=O) groups is 2. The van der Waals surface area contributed by atoms with Crippen molar-refractivity contribution in [1.29, 1.82) is 0 Å². The van der Waals surface area contributed by atoms with Crippen molar-refractivity contribution in [2.45, 2.75) is 123 Å². The summed E-state index contributed by atoms with van der Waals surface area (Å²) in [4.78, 5) is 28.7. The summed E-state index contributed by atoms with van der Waals surface area (Å²) in [6.07, 6.45) is 8.40. The van der Waals surface area contributed by atoms with E-state index in [1.165, 1.54) is 72.1 Å². The Labute approximate surface area is 369 Å². The predicted octanol–water partition coefficient (Wildman–Crippen LogP) is 5.50. The van der Waals surface area contributed by atoms with Crippen LogP contribution in [0.25, 0.3) is 10.8 Å². The van der Waals surface area contributed by atoms with Gasteiger partial charge in [0.1, 0.15) is 23.4 Å². The number of rotatable bonds is 5. The molecule has 1 saturated heterocycles. The number of benzene rings is 2. The lowest BCUT2D eigenvalue weighted by Crippen LogP contribution is -2.47. The van der Waals surface area contributed by atoms with E-state index in [1.807, 2.05) is 5.01 Å². The summed E-state index contributed by atoms with van der Waals surface area (Å²) in [6.45, 7) is 15.6. The largest absolute Gasteiger partial charge is 0.507 e. The molecule has 2 aromatic rings. The van der Waals surface area contributed by atoms with Gasteiger partial charge >= 0.3 is 5.97 Å². The van der Waals surface area contributed by atoms with E-state index in [-0.39, 0.29) is 44.5 Å². The number of phenols is 3. The molecule has 63 heavy (non-hydrogen) atoms. The van der Waals surface area contributed by atoms with Crippen LogP contribution in [0.3, 0.4) is 0 Å². The van der Waals surface area contributed by atoms with Crippen molar-refractivity contribution in [3.8, 4) is 23.0 Å². The number of hydrogen-bond acceptors (Lipinski definition) is 15. The molecule has 1 unspecified atom stereocenters. The highest BCUT2D eigenvalue weighted by atomic mass is 16.7. The molecule has 7 N–H and O–H groups in total. The summed E-state index contributed by atoms with van der Waals surface area (Å²) < 4.78 is 24.0. The van der Waals surface area contributed by atoms with Gasteiger partial charge in [0.2, 0.25) is 0 Å². The fourth-order valence-corrected chi connectivity index (χ4v) is 9.62. The Bertz CT molecular complexity index is 2140.